The quantitative estimate of drug-likeness (QED) is 0.533. The molecule has 0 saturated heterocycles. The summed E-state index contributed by atoms with van der Waals surface area (Å²) in [5, 5.41) is 22.7. The number of aliphatic hydroxyl groups is 2. The zero-order valence-electron chi connectivity index (χ0n) is 19.8. The van der Waals surface area contributed by atoms with Crippen LogP contribution in [0.15, 0.2) is 36.2 Å². The van der Waals surface area contributed by atoms with Gasteiger partial charge in [-0.05, 0) is 81.3 Å². The second kappa shape index (κ2) is 7.74. The molecule has 3 fully saturated rings. The summed E-state index contributed by atoms with van der Waals surface area (Å²) >= 11 is 0. The van der Waals surface area contributed by atoms with Crippen LogP contribution >= 0.6 is 0 Å². The van der Waals surface area contributed by atoms with Crippen LogP contribution in [0.3, 0.4) is 0 Å². The average Bonchev–Trinajstić information content (AvgIpc) is 3.08. The largest absolute Gasteiger partial charge is 0.458 e. The molecule has 178 valence electrons. The van der Waals surface area contributed by atoms with Crippen molar-refractivity contribution in [3.05, 3.63) is 41.7 Å². The topological polar surface area (TPSA) is 96.7 Å². The Balaban J connectivity index is 1.57. The molecule has 6 nitrogen and oxygen atoms in total. The minimum absolute atomic E-state index is 0.00388. The Morgan fingerprint density at radius 2 is 1.97 bits per heavy atom. The smallest absolute Gasteiger partial charge is 0.339 e. The lowest BCUT2D eigenvalue weighted by Crippen LogP contribution is -2.66. The fourth-order valence-corrected chi connectivity index (χ4v) is 8.06. The number of fused-ring (bicyclic) bond motifs is 5. The summed E-state index contributed by atoms with van der Waals surface area (Å²) in [6, 6.07) is 3.38. The zero-order valence-corrected chi connectivity index (χ0v) is 19.8. The Kier molecular flexibility index (Phi) is 5.33. The van der Waals surface area contributed by atoms with E-state index in [-0.39, 0.29) is 35.1 Å². The number of carbonyl (C=O) groups excluding carboxylic acids is 2. The molecule has 2 N–H and O–H groups in total. The third-order valence-electron chi connectivity index (χ3n) is 9.97. The van der Waals surface area contributed by atoms with Gasteiger partial charge in [0.2, 0.25) is 0 Å². The highest BCUT2D eigenvalue weighted by molar-refractivity contribution is 5.89. The maximum Gasteiger partial charge on any atom is 0.339 e. The summed E-state index contributed by atoms with van der Waals surface area (Å²) in [5.74, 6) is -0.625. The van der Waals surface area contributed by atoms with Gasteiger partial charge in [0.05, 0.1) is 17.3 Å². The number of pyridine rings is 1. The number of hydrogen-bond donors (Lipinski definition) is 2. The molecule has 33 heavy (non-hydrogen) atoms. The maximum atomic E-state index is 13.1. The summed E-state index contributed by atoms with van der Waals surface area (Å²) in [4.78, 5) is 29.9. The van der Waals surface area contributed by atoms with Gasteiger partial charge in [0, 0.05) is 23.7 Å². The van der Waals surface area contributed by atoms with E-state index in [1.807, 2.05) is 6.92 Å². The molecule has 0 unspecified atom stereocenters. The van der Waals surface area contributed by atoms with Crippen molar-refractivity contribution in [1.29, 1.82) is 0 Å². The van der Waals surface area contributed by atoms with Crippen LogP contribution in [0.1, 0.15) is 76.1 Å². The van der Waals surface area contributed by atoms with Crippen molar-refractivity contribution in [3.63, 3.8) is 0 Å². The first kappa shape index (κ1) is 22.7. The molecule has 3 saturated carbocycles. The highest BCUT2D eigenvalue weighted by Gasteiger charge is 2.71. The fraction of sp³-hybridized carbons (Fsp3) is 0.667. The van der Waals surface area contributed by atoms with Gasteiger partial charge in [0.1, 0.15) is 11.9 Å². The Morgan fingerprint density at radius 3 is 2.67 bits per heavy atom. The minimum Gasteiger partial charge on any atom is -0.458 e. The SMILES string of the molecule is CC(=O)[C@@H]1CC[C@@]2(O)[C@@H]3CC=C4C[C@@H](O)CC[C@]4(C)[C@H]3C[C@@H](OC(=O)c3cccnc3)[C@]12C. The van der Waals surface area contributed by atoms with Crippen molar-refractivity contribution in [2.24, 2.45) is 28.6 Å². The van der Waals surface area contributed by atoms with Gasteiger partial charge in [-0.25, -0.2) is 4.79 Å². The van der Waals surface area contributed by atoms with E-state index in [1.54, 1.807) is 25.3 Å². The third-order valence-corrected chi connectivity index (χ3v) is 9.97. The van der Waals surface area contributed by atoms with Gasteiger partial charge >= 0.3 is 5.97 Å². The summed E-state index contributed by atoms with van der Waals surface area (Å²) in [6.45, 7) is 5.82. The van der Waals surface area contributed by atoms with Gasteiger partial charge in [0.25, 0.3) is 0 Å². The number of Topliss-reactive ketones (excluding diaryl/α,β-unsaturated/α-hetero) is 1. The predicted molar refractivity (Wildman–Crippen MR) is 122 cm³/mol. The van der Waals surface area contributed by atoms with E-state index in [0.717, 1.165) is 19.3 Å². The zero-order chi connectivity index (χ0) is 23.6. The van der Waals surface area contributed by atoms with Crippen LogP contribution in [0.4, 0.5) is 0 Å². The molecule has 4 aliphatic carbocycles. The Hall–Kier alpha value is -2.05. The van der Waals surface area contributed by atoms with Crippen molar-refractivity contribution in [2.45, 2.75) is 83.5 Å². The summed E-state index contributed by atoms with van der Waals surface area (Å²) < 4.78 is 6.17. The number of rotatable bonds is 3. The van der Waals surface area contributed by atoms with Gasteiger partial charge in [-0.15, -0.1) is 0 Å². The van der Waals surface area contributed by atoms with Crippen LogP contribution in [-0.2, 0) is 9.53 Å². The number of ether oxygens (including phenoxy) is 1. The number of carbonyl (C=O) groups is 2. The number of hydrogen-bond acceptors (Lipinski definition) is 6. The van der Waals surface area contributed by atoms with E-state index >= 15 is 0 Å². The molecule has 1 aromatic heterocycles. The molecule has 0 spiro atoms. The average molecular weight is 454 g/mol. The molecule has 0 aromatic carbocycles. The molecule has 4 aliphatic rings. The first-order chi connectivity index (χ1) is 15.6. The molecular formula is C27H35NO5. The van der Waals surface area contributed by atoms with Crippen molar-refractivity contribution in [3.8, 4) is 0 Å². The summed E-state index contributed by atoms with van der Waals surface area (Å²) in [6.07, 6.45) is 9.22. The lowest BCUT2D eigenvalue weighted by molar-refractivity contribution is -0.224. The van der Waals surface area contributed by atoms with E-state index in [2.05, 4.69) is 18.0 Å². The van der Waals surface area contributed by atoms with Gasteiger partial charge in [-0.1, -0.05) is 25.5 Å². The van der Waals surface area contributed by atoms with Crippen molar-refractivity contribution >= 4 is 11.8 Å². The highest BCUT2D eigenvalue weighted by atomic mass is 16.5. The first-order valence-corrected chi connectivity index (χ1v) is 12.3. The second-order valence-electron chi connectivity index (χ2n) is 11.3. The number of allylic oxidation sites excluding steroid dienone is 1. The van der Waals surface area contributed by atoms with E-state index in [0.29, 0.717) is 31.2 Å². The molecule has 0 aliphatic heterocycles. The lowest BCUT2D eigenvalue weighted by Gasteiger charge is -2.62. The van der Waals surface area contributed by atoms with E-state index in [4.69, 9.17) is 4.74 Å². The van der Waals surface area contributed by atoms with E-state index in [9.17, 15) is 19.8 Å². The molecule has 1 aromatic rings. The van der Waals surface area contributed by atoms with Gasteiger partial charge < -0.3 is 14.9 Å². The Labute approximate surface area is 195 Å². The van der Waals surface area contributed by atoms with Crippen molar-refractivity contribution in [1.82, 2.24) is 4.98 Å². The minimum atomic E-state index is -1.09. The molecule has 8 atom stereocenters. The summed E-state index contributed by atoms with van der Waals surface area (Å²) in [7, 11) is 0. The monoisotopic (exact) mass is 453 g/mol. The second-order valence-corrected chi connectivity index (χ2v) is 11.3. The van der Waals surface area contributed by atoms with Crippen molar-refractivity contribution in [2.75, 3.05) is 0 Å². The van der Waals surface area contributed by atoms with Crippen LogP contribution in [0.5, 0.6) is 0 Å². The number of ketones is 1. The molecule has 0 radical (unpaired) electrons. The van der Waals surface area contributed by atoms with E-state index < -0.39 is 23.1 Å². The molecular weight excluding hydrogens is 418 g/mol. The molecule has 0 amide bonds. The molecule has 5 rings (SSSR count). The van der Waals surface area contributed by atoms with Gasteiger partial charge in [0.15, 0.2) is 0 Å². The maximum absolute atomic E-state index is 13.1. The lowest BCUT2D eigenvalue weighted by atomic mass is 9.45. The Morgan fingerprint density at radius 1 is 1.18 bits per heavy atom. The number of aromatic nitrogens is 1. The number of esters is 1. The Bertz CT molecular complexity index is 991. The van der Waals surface area contributed by atoms with Gasteiger partial charge in [-0.3, -0.25) is 9.78 Å². The van der Waals surface area contributed by atoms with Crippen LogP contribution in [0, 0.1) is 28.6 Å². The van der Waals surface area contributed by atoms with Crippen molar-refractivity contribution < 1.29 is 24.5 Å². The number of nitrogens with zero attached hydrogens (tertiary/aromatic N) is 1. The normalized spacial score (nSPS) is 44.2. The molecule has 0 bridgehead atoms. The highest BCUT2D eigenvalue weighted by Crippen LogP contribution is 2.68. The van der Waals surface area contributed by atoms with Crippen LogP contribution in [-0.4, -0.2) is 44.8 Å². The summed E-state index contributed by atoms with van der Waals surface area (Å²) in [5.41, 5.74) is -0.429. The standard InChI is InChI=1S/C27H35NO5/c1-16(29)20-9-11-27(32)21-7-6-18-13-19(30)8-10-25(18,2)22(21)14-23(26(20,27)3)33-24(31)17-5-4-12-28-15-17/h4-6,12,15,19-23,30,32H,7-11,13-14H2,1-3H3/t19-,20-,21+,22-,23+,25-,26-,27+/m0/s1. The van der Waals surface area contributed by atoms with E-state index in [1.165, 1.54) is 11.8 Å². The number of aliphatic hydroxyl groups excluding tert-OH is 1. The van der Waals surface area contributed by atoms with Crippen LogP contribution in [0.2, 0.25) is 0 Å². The predicted octanol–water partition coefficient (Wildman–Crippen LogP) is 3.86. The van der Waals surface area contributed by atoms with Crippen LogP contribution in [0.25, 0.3) is 0 Å². The van der Waals surface area contributed by atoms with Gasteiger partial charge in [-0.2, -0.15) is 0 Å². The fourth-order valence-electron chi connectivity index (χ4n) is 8.06. The molecule has 1 heterocycles. The first-order valence-electron chi connectivity index (χ1n) is 12.3. The molecule has 6 heteroatoms. The third kappa shape index (κ3) is 3.17. The van der Waals surface area contributed by atoms with Crippen LogP contribution < -0.4 is 0 Å².